The molecule has 1 aromatic carbocycles. The summed E-state index contributed by atoms with van der Waals surface area (Å²) in [7, 11) is 1.40. The van der Waals surface area contributed by atoms with Crippen molar-refractivity contribution in [2.24, 2.45) is 0 Å². The van der Waals surface area contributed by atoms with E-state index in [9.17, 15) is 4.39 Å². The third kappa shape index (κ3) is 1.27. The van der Waals surface area contributed by atoms with E-state index in [1.807, 2.05) is 0 Å². The zero-order chi connectivity index (χ0) is 8.43. The smallest absolute Gasteiger partial charge is 0.177 e. The normalized spacial score (nSPS) is 9.73. The number of halogens is 1. The van der Waals surface area contributed by atoms with Crippen LogP contribution in [0.4, 0.5) is 10.1 Å². The second-order valence-corrected chi connectivity index (χ2v) is 2.32. The topological polar surface area (TPSA) is 35.2 Å². The van der Waals surface area contributed by atoms with E-state index >= 15 is 0 Å². The molecule has 0 saturated heterocycles. The van der Waals surface area contributed by atoms with Gasteiger partial charge in [0.2, 0.25) is 0 Å². The molecule has 0 amide bonds. The van der Waals surface area contributed by atoms with Crippen LogP contribution in [0.25, 0.3) is 0 Å². The molecule has 60 valence electrons. The van der Waals surface area contributed by atoms with Crippen molar-refractivity contribution in [2.45, 2.75) is 6.92 Å². The van der Waals surface area contributed by atoms with E-state index in [1.54, 1.807) is 19.1 Å². The Hall–Kier alpha value is -1.25. The van der Waals surface area contributed by atoms with Crippen LogP contribution in [0.5, 0.6) is 5.75 Å². The number of ether oxygens (including phenoxy) is 1. The number of aryl methyl sites for hydroxylation is 1. The maximum absolute atomic E-state index is 13.1. The number of nitrogen functional groups attached to an aromatic ring is 1. The lowest BCUT2D eigenvalue weighted by Crippen LogP contribution is -1.96. The number of methoxy groups -OCH3 is 1. The minimum atomic E-state index is -0.382. The Balaban J connectivity index is 3.29. The Labute approximate surface area is 64.8 Å². The lowest BCUT2D eigenvalue weighted by atomic mass is 10.2. The molecule has 1 aromatic rings. The van der Waals surface area contributed by atoms with Gasteiger partial charge in [-0.05, 0) is 18.6 Å². The van der Waals surface area contributed by atoms with Crippen LogP contribution in [0.3, 0.4) is 0 Å². The Morgan fingerprint density at radius 2 is 2.09 bits per heavy atom. The summed E-state index contributed by atoms with van der Waals surface area (Å²) in [6, 6.07) is 3.24. The molecule has 3 heteroatoms. The zero-order valence-corrected chi connectivity index (χ0v) is 6.52. The fraction of sp³-hybridized carbons (Fsp3) is 0.250. The monoisotopic (exact) mass is 155 g/mol. The Bertz CT molecular complexity index is 273. The van der Waals surface area contributed by atoms with Crippen LogP contribution in [0.1, 0.15) is 5.56 Å². The predicted molar refractivity (Wildman–Crippen MR) is 42.1 cm³/mol. The van der Waals surface area contributed by atoms with Crippen LogP contribution in [0.15, 0.2) is 12.1 Å². The molecule has 2 nitrogen and oxygen atoms in total. The lowest BCUT2D eigenvalue weighted by Gasteiger charge is -2.06. The van der Waals surface area contributed by atoms with Crippen molar-refractivity contribution in [1.82, 2.24) is 0 Å². The first-order valence-electron chi connectivity index (χ1n) is 3.25. The Morgan fingerprint density at radius 3 is 2.55 bits per heavy atom. The standard InChI is InChI=1S/C8H10FNO/c1-5-3-4-6(10)8(11-2)7(5)9/h3-4H,10H2,1-2H3. The molecule has 0 aromatic heterocycles. The van der Waals surface area contributed by atoms with Gasteiger partial charge in [0.25, 0.3) is 0 Å². The summed E-state index contributed by atoms with van der Waals surface area (Å²) in [5, 5.41) is 0. The van der Waals surface area contributed by atoms with Crippen molar-refractivity contribution in [3.05, 3.63) is 23.5 Å². The van der Waals surface area contributed by atoms with E-state index in [4.69, 9.17) is 10.5 Å². The molecule has 0 fully saturated rings. The maximum atomic E-state index is 13.1. The molecule has 0 aliphatic rings. The molecule has 11 heavy (non-hydrogen) atoms. The Morgan fingerprint density at radius 1 is 1.45 bits per heavy atom. The molecule has 1 rings (SSSR count). The van der Waals surface area contributed by atoms with Crippen LogP contribution in [-0.2, 0) is 0 Å². The average molecular weight is 155 g/mol. The molecule has 0 spiro atoms. The molecule has 0 bridgehead atoms. The fourth-order valence-corrected chi connectivity index (χ4v) is 0.877. The van der Waals surface area contributed by atoms with E-state index in [1.165, 1.54) is 7.11 Å². The van der Waals surface area contributed by atoms with E-state index in [2.05, 4.69) is 0 Å². The minimum absolute atomic E-state index is 0.130. The molecule has 2 N–H and O–H groups in total. The number of nitrogens with two attached hydrogens (primary N) is 1. The zero-order valence-electron chi connectivity index (χ0n) is 6.52. The van der Waals surface area contributed by atoms with Crippen molar-refractivity contribution >= 4 is 5.69 Å². The number of anilines is 1. The third-order valence-corrected chi connectivity index (χ3v) is 1.52. The first kappa shape index (κ1) is 7.85. The predicted octanol–water partition coefficient (Wildman–Crippen LogP) is 1.72. The molecule has 0 unspecified atom stereocenters. The first-order valence-corrected chi connectivity index (χ1v) is 3.25. The van der Waals surface area contributed by atoms with E-state index in [-0.39, 0.29) is 11.6 Å². The number of hydrogen-bond donors (Lipinski definition) is 1. The van der Waals surface area contributed by atoms with Gasteiger partial charge in [-0.25, -0.2) is 4.39 Å². The number of benzene rings is 1. The molecule has 0 saturated carbocycles. The van der Waals surface area contributed by atoms with Crippen molar-refractivity contribution in [3.63, 3.8) is 0 Å². The van der Waals surface area contributed by atoms with Crippen LogP contribution in [0, 0.1) is 12.7 Å². The second-order valence-electron chi connectivity index (χ2n) is 2.32. The van der Waals surface area contributed by atoms with Gasteiger partial charge >= 0.3 is 0 Å². The highest BCUT2D eigenvalue weighted by atomic mass is 19.1. The molecule has 0 aliphatic heterocycles. The van der Waals surface area contributed by atoms with Gasteiger partial charge in [0.15, 0.2) is 11.6 Å². The molecule has 0 radical (unpaired) electrons. The van der Waals surface area contributed by atoms with Gasteiger partial charge in [0.05, 0.1) is 12.8 Å². The molecule has 0 atom stereocenters. The van der Waals surface area contributed by atoms with Gasteiger partial charge in [-0.3, -0.25) is 0 Å². The summed E-state index contributed by atoms with van der Waals surface area (Å²) in [4.78, 5) is 0. The maximum Gasteiger partial charge on any atom is 0.177 e. The van der Waals surface area contributed by atoms with E-state index in [0.717, 1.165) is 0 Å². The van der Waals surface area contributed by atoms with E-state index < -0.39 is 0 Å². The molecular formula is C8H10FNO. The highest BCUT2D eigenvalue weighted by molar-refractivity contribution is 5.54. The van der Waals surface area contributed by atoms with Gasteiger partial charge in [0, 0.05) is 0 Å². The summed E-state index contributed by atoms with van der Waals surface area (Å²) in [6.45, 7) is 1.66. The average Bonchev–Trinajstić information content (AvgIpc) is 1.99. The van der Waals surface area contributed by atoms with E-state index in [0.29, 0.717) is 11.3 Å². The largest absolute Gasteiger partial charge is 0.492 e. The van der Waals surface area contributed by atoms with Crippen LogP contribution in [0.2, 0.25) is 0 Å². The summed E-state index contributed by atoms with van der Waals surface area (Å²) in [5.41, 5.74) is 6.30. The van der Waals surface area contributed by atoms with Gasteiger partial charge < -0.3 is 10.5 Å². The Kier molecular flexibility index (Phi) is 1.98. The van der Waals surface area contributed by atoms with Crippen molar-refractivity contribution in [1.29, 1.82) is 0 Å². The van der Waals surface area contributed by atoms with Gasteiger partial charge in [0.1, 0.15) is 0 Å². The quantitative estimate of drug-likeness (QED) is 0.627. The summed E-state index contributed by atoms with van der Waals surface area (Å²) in [6.07, 6.45) is 0. The summed E-state index contributed by atoms with van der Waals surface area (Å²) < 4.78 is 17.8. The van der Waals surface area contributed by atoms with Crippen LogP contribution >= 0.6 is 0 Å². The third-order valence-electron chi connectivity index (χ3n) is 1.52. The fourth-order valence-electron chi connectivity index (χ4n) is 0.877. The second kappa shape index (κ2) is 2.78. The highest BCUT2D eigenvalue weighted by Crippen LogP contribution is 2.26. The molecular weight excluding hydrogens is 145 g/mol. The lowest BCUT2D eigenvalue weighted by molar-refractivity contribution is 0.387. The van der Waals surface area contributed by atoms with Crippen LogP contribution in [-0.4, -0.2) is 7.11 Å². The number of hydrogen-bond acceptors (Lipinski definition) is 2. The highest BCUT2D eigenvalue weighted by Gasteiger charge is 2.08. The molecule has 0 heterocycles. The first-order chi connectivity index (χ1) is 5.16. The summed E-state index contributed by atoms with van der Waals surface area (Å²) >= 11 is 0. The van der Waals surface area contributed by atoms with Gasteiger partial charge in [-0.2, -0.15) is 0 Å². The number of rotatable bonds is 1. The van der Waals surface area contributed by atoms with Gasteiger partial charge in [-0.1, -0.05) is 6.07 Å². The van der Waals surface area contributed by atoms with Crippen molar-refractivity contribution in [2.75, 3.05) is 12.8 Å². The van der Waals surface area contributed by atoms with Crippen molar-refractivity contribution in [3.8, 4) is 5.75 Å². The minimum Gasteiger partial charge on any atom is -0.492 e. The summed E-state index contributed by atoms with van der Waals surface area (Å²) in [5.74, 6) is -0.252. The van der Waals surface area contributed by atoms with Gasteiger partial charge in [-0.15, -0.1) is 0 Å². The molecule has 0 aliphatic carbocycles. The SMILES string of the molecule is COc1c(N)ccc(C)c1F. The van der Waals surface area contributed by atoms with Crippen molar-refractivity contribution < 1.29 is 9.13 Å². The van der Waals surface area contributed by atoms with Crippen LogP contribution < -0.4 is 10.5 Å².